The van der Waals surface area contributed by atoms with Crippen LogP contribution in [0, 0.1) is 11.2 Å². The van der Waals surface area contributed by atoms with Gasteiger partial charge in [0.05, 0.1) is 23.9 Å². The van der Waals surface area contributed by atoms with Crippen molar-refractivity contribution in [2.75, 3.05) is 32.0 Å². The molecule has 0 saturated carbocycles. The second-order valence-corrected chi connectivity index (χ2v) is 9.76. The average Bonchev–Trinajstić information content (AvgIpc) is 3.49. The maximum absolute atomic E-state index is 14.0. The Labute approximate surface area is 207 Å². The Balaban J connectivity index is 1.41. The molecule has 0 radical (unpaired) electrons. The van der Waals surface area contributed by atoms with Crippen molar-refractivity contribution in [3.63, 3.8) is 0 Å². The summed E-state index contributed by atoms with van der Waals surface area (Å²) in [6.07, 6.45) is 6.90. The van der Waals surface area contributed by atoms with Crippen LogP contribution in [0.25, 0.3) is 11.1 Å². The van der Waals surface area contributed by atoms with Gasteiger partial charge in [0.1, 0.15) is 11.9 Å². The molecule has 10 heteroatoms. The molecule has 0 aliphatic carbocycles. The average molecular weight is 506 g/mol. The fraction of sp³-hybridized carbons (Fsp3) is 0.417. The number of nitrogen functional groups attached to an aromatic ring is 1. The topological polar surface area (TPSA) is 87.2 Å². The lowest BCUT2D eigenvalue weighted by Gasteiger charge is -2.40. The van der Waals surface area contributed by atoms with E-state index in [0.717, 1.165) is 50.3 Å². The molecule has 180 valence electrons. The zero-order valence-electron chi connectivity index (χ0n) is 18.7. The van der Waals surface area contributed by atoms with Crippen LogP contribution in [0.1, 0.15) is 37.5 Å². The van der Waals surface area contributed by atoms with Crippen molar-refractivity contribution in [3.05, 3.63) is 58.2 Å². The first-order chi connectivity index (χ1) is 16.4. The fourth-order valence-corrected chi connectivity index (χ4v) is 5.66. The molecule has 3 aromatic rings. The summed E-state index contributed by atoms with van der Waals surface area (Å²) in [5.74, 6) is 0.0100. The monoisotopic (exact) mass is 505 g/mol. The summed E-state index contributed by atoms with van der Waals surface area (Å²) in [6, 6.07) is 4.74. The van der Waals surface area contributed by atoms with Gasteiger partial charge in [0.25, 0.3) is 0 Å². The van der Waals surface area contributed by atoms with E-state index in [1.165, 1.54) is 12.1 Å². The molecule has 5 rings (SSSR count). The lowest BCUT2D eigenvalue weighted by atomic mass is 9.77. The molecule has 0 bridgehead atoms. The predicted molar refractivity (Wildman–Crippen MR) is 130 cm³/mol. The minimum Gasteiger partial charge on any atom is -0.482 e. The number of hydrogen-bond donors (Lipinski definition) is 2. The lowest BCUT2D eigenvalue weighted by molar-refractivity contribution is -0.0387. The third kappa shape index (κ3) is 4.24. The number of nitrogens with zero attached hydrogens (tertiary/aromatic N) is 3. The van der Waals surface area contributed by atoms with E-state index < -0.39 is 11.9 Å². The molecule has 1 spiro atoms. The number of halogens is 3. The highest BCUT2D eigenvalue weighted by Gasteiger charge is 2.45. The standard InChI is InChI=1S/C24H26Cl2FN5O2/c1-14(21-17(25)2-3-18(27)22(21)26)34-19-8-15(9-30-23(19)28)16-10-31-32(11-16)20-4-7-33-13-24(20)5-6-29-12-24/h2-3,8-11,14,20,29H,4-7,12-13H2,1H3,(H2,28,30). The van der Waals surface area contributed by atoms with Crippen LogP contribution >= 0.6 is 23.2 Å². The van der Waals surface area contributed by atoms with Crippen LogP contribution in [0.5, 0.6) is 5.75 Å². The second-order valence-electron chi connectivity index (χ2n) is 8.98. The molecule has 4 heterocycles. The smallest absolute Gasteiger partial charge is 0.166 e. The van der Waals surface area contributed by atoms with Crippen LogP contribution < -0.4 is 15.8 Å². The molecule has 0 amide bonds. The number of rotatable bonds is 5. The van der Waals surface area contributed by atoms with Gasteiger partial charge in [-0.05, 0) is 44.5 Å². The molecule has 2 saturated heterocycles. The normalized spacial score (nSPS) is 23.4. The molecule has 1 aromatic carbocycles. The van der Waals surface area contributed by atoms with Gasteiger partial charge in [-0.2, -0.15) is 5.10 Å². The molecule has 34 heavy (non-hydrogen) atoms. The number of ether oxygens (including phenoxy) is 2. The number of aromatic nitrogens is 3. The number of nitrogens with one attached hydrogen (secondary N) is 1. The third-order valence-corrected chi connectivity index (χ3v) is 7.55. The SMILES string of the molecule is CC(Oc1cc(-c2cnn(C3CCOCC34CCNC4)c2)cnc1N)c1c(Cl)ccc(F)c1Cl. The Morgan fingerprint density at radius 3 is 2.97 bits per heavy atom. The molecule has 3 N–H and O–H groups in total. The maximum atomic E-state index is 14.0. The Morgan fingerprint density at radius 2 is 2.18 bits per heavy atom. The van der Waals surface area contributed by atoms with E-state index >= 15 is 0 Å². The summed E-state index contributed by atoms with van der Waals surface area (Å²) in [7, 11) is 0. The van der Waals surface area contributed by atoms with Crippen molar-refractivity contribution in [2.24, 2.45) is 5.41 Å². The van der Waals surface area contributed by atoms with E-state index in [2.05, 4.69) is 20.1 Å². The van der Waals surface area contributed by atoms with Gasteiger partial charge in [0.15, 0.2) is 11.6 Å². The molecule has 3 unspecified atom stereocenters. The van der Waals surface area contributed by atoms with Crippen LogP contribution in [-0.4, -0.2) is 41.1 Å². The van der Waals surface area contributed by atoms with Crippen LogP contribution in [0.2, 0.25) is 10.0 Å². The molecule has 3 atom stereocenters. The third-order valence-electron chi connectivity index (χ3n) is 6.83. The van der Waals surface area contributed by atoms with Crippen LogP contribution in [0.3, 0.4) is 0 Å². The largest absolute Gasteiger partial charge is 0.482 e. The minimum atomic E-state index is -0.644. The number of nitrogens with two attached hydrogens (primary N) is 1. The van der Waals surface area contributed by atoms with Gasteiger partial charge >= 0.3 is 0 Å². The van der Waals surface area contributed by atoms with Crippen molar-refractivity contribution >= 4 is 29.0 Å². The van der Waals surface area contributed by atoms with Crippen molar-refractivity contribution in [1.29, 1.82) is 0 Å². The first-order valence-corrected chi connectivity index (χ1v) is 12.0. The van der Waals surface area contributed by atoms with Gasteiger partial charge in [-0.1, -0.05) is 23.2 Å². The van der Waals surface area contributed by atoms with E-state index in [1.54, 1.807) is 19.2 Å². The summed E-state index contributed by atoms with van der Waals surface area (Å²) >= 11 is 12.4. The fourth-order valence-electron chi connectivity index (χ4n) is 4.99. The van der Waals surface area contributed by atoms with Gasteiger partial charge in [-0.25, -0.2) is 9.37 Å². The molecular weight excluding hydrogens is 480 g/mol. The molecule has 2 aromatic heterocycles. The zero-order chi connectivity index (χ0) is 23.9. The van der Waals surface area contributed by atoms with Gasteiger partial charge < -0.3 is 20.5 Å². The van der Waals surface area contributed by atoms with Crippen molar-refractivity contribution in [3.8, 4) is 16.9 Å². The number of hydrogen-bond acceptors (Lipinski definition) is 6. The lowest BCUT2D eigenvalue weighted by Crippen LogP contribution is -2.43. The van der Waals surface area contributed by atoms with Crippen molar-refractivity contribution < 1.29 is 13.9 Å². The number of benzene rings is 1. The molecule has 2 fully saturated rings. The Morgan fingerprint density at radius 1 is 1.32 bits per heavy atom. The maximum Gasteiger partial charge on any atom is 0.166 e. The Kier molecular flexibility index (Phi) is 6.41. The van der Waals surface area contributed by atoms with Gasteiger partial charge in [-0.15, -0.1) is 0 Å². The van der Waals surface area contributed by atoms with Gasteiger partial charge in [0.2, 0.25) is 0 Å². The van der Waals surface area contributed by atoms with Crippen LogP contribution in [-0.2, 0) is 4.74 Å². The number of pyridine rings is 1. The van der Waals surface area contributed by atoms with E-state index in [1.807, 2.05) is 12.4 Å². The predicted octanol–water partition coefficient (Wildman–Crippen LogP) is 5.05. The summed E-state index contributed by atoms with van der Waals surface area (Å²) in [4.78, 5) is 4.30. The van der Waals surface area contributed by atoms with Crippen molar-refractivity contribution in [2.45, 2.75) is 31.9 Å². The van der Waals surface area contributed by atoms with Crippen molar-refractivity contribution in [1.82, 2.24) is 20.1 Å². The van der Waals surface area contributed by atoms with Crippen LogP contribution in [0.4, 0.5) is 10.2 Å². The zero-order valence-corrected chi connectivity index (χ0v) is 20.2. The highest BCUT2D eigenvalue weighted by molar-refractivity contribution is 6.36. The van der Waals surface area contributed by atoms with E-state index in [0.29, 0.717) is 16.3 Å². The molecule has 2 aliphatic heterocycles. The van der Waals surface area contributed by atoms with E-state index in [-0.39, 0.29) is 22.3 Å². The summed E-state index contributed by atoms with van der Waals surface area (Å²) in [5, 5.41) is 8.40. The molecular formula is C24H26Cl2FN5O2. The minimum absolute atomic E-state index is 0.0636. The first-order valence-electron chi connectivity index (χ1n) is 11.3. The molecule has 2 aliphatic rings. The summed E-state index contributed by atoms with van der Waals surface area (Å²) in [5.41, 5.74) is 8.22. The summed E-state index contributed by atoms with van der Waals surface area (Å²) in [6.45, 7) is 5.12. The number of anilines is 1. The molecule has 7 nitrogen and oxygen atoms in total. The first kappa shape index (κ1) is 23.4. The highest BCUT2D eigenvalue weighted by atomic mass is 35.5. The highest BCUT2D eigenvalue weighted by Crippen LogP contribution is 2.43. The Bertz CT molecular complexity index is 1200. The van der Waals surface area contributed by atoms with Gasteiger partial charge in [-0.3, -0.25) is 4.68 Å². The van der Waals surface area contributed by atoms with Crippen LogP contribution in [0.15, 0.2) is 36.8 Å². The summed E-state index contributed by atoms with van der Waals surface area (Å²) < 4.78 is 27.9. The quantitative estimate of drug-likeness (QED) is 0.471. The van der Waals surface area contributed by atoms with Gasteiger partial charge in [0, 0.05) is 52.7 Å². The van der Waals surface area contributed by atoms with E-state index in [9.17, 15) is 4.39 Å². The second kappa shape index (κ2) is 9.34. The Hall–Kier alpha value is -2.39. The van der Waals surface area contributed by atoms with E-state index in [4.69, 9.17) is 38.4 Å².